The van der Waals surface area contributed by atoms with E-state index in [1.165, 1.54) is 14.2 Å². The van der Waals surface area contributed by atoms with E-state index < -0.39 is 0 Å². The summed E-state index contributed by atoms with van der Waals surface area (Å²) in [5, 5.41) is 13.8. The van der Waals surface area contributed by atoms with Gasteiger partial charge in [0.25, 0.3) is 0 Å². The molecule has 2 rings (SSSR count). The van der Waals surface area contributed by atoms with Crippen LogP contribution in [0.15, 0.2) is 47.6 Å². The zero-order valence-corrected chi connectivity index (χ0v) is 13.8. The lowest BCUT2D eigenvalue weighted by atomic mass is 10.1. The maximum atomic E-state index is 11.4. The van der Waals surface area contributed by atoms with Gasteiger partial charge >= 0.3 is 5.97 Å². The van der Waals surface area contributed by atoms with Gasteiger partial charge in [0.2, 0.25) is 0 Å². The average Bonchev–Trinajstić information content (AvgIpc) is 2.61. The lowest BCUT2D eigenvalue weighted by molar-refractivity contribution is 0.0600. The van der Waals surface area contributed by atoms with Gasteiger partial charge in [-0.05, 0) is 42.8 Å². The highest BCUT2D eigenvalue weighted by Crippen LogP contribution is 2.26. The molecule has 0 saturated carbocycles. The second-order valence-corrected chi connectivity index (χ2v) is 5.03. The van der Waals surface area contributed by atoms with Gasteiger partial charge in [0.1, 0.15) is 6.61 Å². The highest BCUT2D eigenvalue weighted by atomic mass is 16.6. The topological polar surface area (TPSA) is 77.4 Å². The quantitative estimate of drug-likeness (QED) is 0.500. The molecule has 2 aromatic carbocycles. The molecule has 6 nitrogen and oxygen atoms in total. The molecule has 0 aliphatic rings. The third-order valence-corrected chi connectivity index (χ3v) is 3.40. The number of benzene rings is 2. The number of phenolic OH excluding ortho intramolecular Hbond substituents is 1. The van der Waals surface area contributed by atoms with Crippen molar-refractivity contribution in [3.05, 3.63) is 59.2 Å². The van der Waals surface area contributed by atoms with Gasteiger partial charge < -0.3 is 19.4 Å². The molecule has 1 N–H and O–H groups in total. The summed E-state index contributed by atoms with van der Waals surface area (Å²) in [6.07, 6.45) is 0. The Morgan fingerprint density at radius 3 is 2.33 bits per heavy atom. The molecule has 6 heteroatoms. The van der Waals surface area contributed by atoms with E-state index in [1.54, 1.807) is 49.4 Å². The van der Waals surface area contributed by atoms with E-state index in [2.05, 4.69) is 9.89 Å². The van der Waals surface area contributed by atoms with Crippen LogP contribution in [0.1, 0.15) is 28.4 Å². The summed E-state index contributed by atoms with van der Waals surface area (Å²) in [7, 11) is 2.83. The number of nitrogens with zero attached hydrogens (tertiary/aromatic N) is 1. The molecule has 0 heterocycles. The lowest BCUT2D eigenvalue weighted by Gasteiger charge is -2.06. The maximum Gasteiger partial charge on any atom is 0.337 e. The summed E-state index contributed by atoms with van der Waals surface area (Å²) in [6, 6.07) is 11.9. The van der Waals surface area contributed by atoms with Crippen molar-refractivity contribution in [1.29, 1.82) is 0 Å². The van der Waals surface area contributed by atoms with Crippen LogP contribution in [-0.2, 0) is 16.2 Å². The molecule has 0 amide bonds. The monoisotopic (exact) mass is 329 g/mol. The normalized spacial score (nSPS) is 11.0. The zero-order valence-electron chi connectivity index (χ0n) is 13.8. The van der Waals surface area contributed by atoms with Crippen molar-refractivity contribution >= 4 is 11.7 Å². The minimum atomic E-state index is -0.379. The Balaban J connectivity index is 1.98. The van der Waals surface area contributed by atoms with Crippen LogP contribution < -0.4 is 4.74 Å². The van der Waals surface area contributed by atoms with E-state index in [0.717, 1.165) is 11.1 Å². The molecule has 0 aliphatic carbocycles. The molecule has 0 bridgehead atoms. The molecule has 0 fully saturated rings. The van der Waals surface area contributed by atoms with Gasteiger partial charge in [0.05, 0.1) is 25.5 Å². The smallest absolute Gasteiger partial charge is 0.337 e. The molecule has 0 radical (unpaired) electrons. The third kappa shape index (κ3) is 4.25. The number of carbonyl (C=O) groups is 1. The van der Waals surface area contributed by atoms with Gasteiger partial charge in [-0.15, -0.1) is 0 Å². The Labute approximate surface area is 140 Å². The number of hydrogen-bond donors (Lipinski definition) is 1. The predicted molar refractivity (Wildman–Crippen MR) is 89.4 cm³/mol. The van der Waals surface area contributed by atoms with Gasteiger partial charge in [-0.3, -0.25) is 0 Å². The molecular formula is C18H19NO5. The van der Waals surface area contributed by atoms with Crippen LogP contribution in [0.5, 0.6) is 11.5 Å². The van der Waals surface area contributed by atoms with E-state index in [1.807, 2.05) is 0 Å². The minimum absolute atomic E-state index is 0.0444. The summed E-state index contributed by atoms with van der Waals surface area (Å²) in [5.74, 6) is 0.0664. The number of hydrogen-bond acceptors (Lipinski definition) is 6. The van der Waals surface area contributed by atoms with Gasteiger partial charge in [-0.2, -0.15) is 0 Å². The van der Waals surface area contributed by atoms with Gasteiger partial charge in [0.15, 0.2) is 11.5 Å². The Morgan fingerprint density at radius 2 is 1.75 bits per heavy atom. The molecule has 0 aliphatic heterocycles. The second kappa shape index (κ2) is 8.01. The largest absolute Gasteiger partial charge is 0.504 e. The molecule has 0 spiro atoms. The number of aromatic hydroxyl groups is 1. The van der Waals surface area contributed by atoms with Crippen molar-refractivity contribution in [2.75, 3.05) is 14.2 Å². The first-order chi connectivity index (χ1) is 11.5. The SMILES string of the molecule is COC(=O)c1ccc(CO/N=C(\C)c2ccc(OC)c(O)c2)cc1. The third-order valence-electron chi connectivity index (χ3n) is 3.40. The Hall–Kier alpha value is -3.02. The van der Waals surface area contributed by atoms with Crippen LogP contribution in [0.4, 0.5) is 0 Å². The van der Waals surface area contributed by atoms with Crippen LogP contribution in [0.2, 0.25) is 0 Å². The summed E-state index contributed by atoms with van der Waals surface area (Å²) < 4.78 is 9.64. The van der Waals surface area contributed by atoms with E-state index in [9.17, 15) is 9.90 Å². The van der Waals surface area contributed by atoms with Crippen LogP contribution in [0.3, 0.4) is 0 Å². The van der Waals surface area contributed by atoms with Crippen molar-refractivity contribution in [1.82, 2.24) is 0 Å². The fourth-order valence-electron chi connectivity index (χ4n) is 2.03. The van der Waals surface area contributed by atoms with Gasteiger partial charge in [-0.1, -0.05) is 17.3 Å². The van der Waals surface area contributed by atoms with Crippen LogP contribution in [0.25, 0.3) is 0 Å². The zero-order chi connectivity index (χ0) is 17.5. The second-order valence-electron chi connectivity index (χ2n) is 5.03. The number of rotatable bonds is 6. The van der Waals surface area contributed by atoms with Crippen LogP contribution >= 0.6 is 0 Å². The summed E-state index contributed by atoms with van der Waals surface area (Å²) >= 11 is 0. The number of ether oxygens (including phenoxy) is 2. The van der Waals surface area contributed by atoms with Crippen molar-refractivity contribution in [3.8, 4) is 11.5 Å². The van der Waals surface area contributed by atoms with Crippen molar-refractivity contribution < 1.29 is 24.2 Å². The first kappa shape index (κ1) is 17.3. The first-order valence-corrected chi connectivity index (χ1v) is 7.26. The lowest BCUT2D eigenvalue weighted by Crippen LogP contribution is -2.01. The van der Waals surface area contributed by atoms with Gasteiger partial charge in [0, 0.05) is 5.56 Å². The van der Waals surface area contributed by atoms with Crippen molar-refractivity contribution in [2.24, 2.45) is 5.16 Å². The van der Waals surface area contributed by atoms with E-state index in [-0.39, 0.29) is 18.3 Å². The number of oxime groups is 1. The summed E-state index contributed by atoms with van der Waals surface area (Å²) in [6.45, 7) is 2.04. The van der Waals surface area contributed by atoms with E-state index in [0.29, 0.717) is 17.0 Å². The van der Waals surface area contributed by atoms with Crippen LogP contribution in [-0.4, -0.2) is 31.0 Å². The molecule has 0 saturated heterocycles. The standard InChI is InChI=1S/C18H19NO5/c1-12(15-8-9-17(22-2)16(20)10-15)19-24-11-13-4-6-14(7-5-13)18(21)23-3/h4-10,20H,11H2,1-3H3/b19-12+. The fraction of sp³-hybridized carbons (Fsp3) is 0.222. The minimum Gasteiger partial charge on any atom is -0.504 e. The Kier molecular flexibility index (Phi) is 5.78. The summed E-state index contributed by atoms with van der Waals surface area (Å²) in [4.78, 5) is 16.7. The number of phenols is 1. The Morgan fingerprint density at radius 1 is 1.08 bits per heavy atom. The average molecular weight is 329 g/mol. The molecule has 0 atom stereocenters. The molecule has 2 aromatic rings. The van der Waals surface area contributed by atoms with Crippen LogP contribution in [0, 0.1) is 0 Å². The van der Waals surface area contributed by atoms with E-state index >= 15 is 0 Å². The van der Waals surface area contributed by atoms with E-state index in [4.69, 9.17) is 9.57 Å². The molecule has 126 valence electrons. The highest BCUT2D eigenvalue weighted by molar-refractivity contribution is 5.98. The van der Waals surface area contributed by atoms with Gasteiger partial charge in [-0.25, -0.2) is 4.79 Å². The fourth-order valence-corrected chi connectivity index (χ4v) is 2.03. The predicted octanol–water partition coefficient (Wildman–Crippen LogP) is 3.13. The summed E-state index contributed by atoms with van der Waals surface area (Å²) in [5.41, 5.74) is 2.71. The molecule has 24 heavy (non-hydrogen) atoms. The Bertz CT molecular complexity index is 738. The van der Waals surface area contributed by atoms with Crippen molar-refractivity contribution in [3.63, 3.8) is 0 Å². The highest BCUT2D eigenvalue weighted by Gasteiger charge is 2.06. The number of esters is 1. The number of carbonyl (C=O) groups excluding carboxylic acids is 1. The maximum absolute atomic E-state index is 11.4. The number of methoxy groups -OCH3 is 2. The first-order valence-electron chi connectivity index (χ1n) is 7.26. The molecule has 0 aromatic heterocycles. The molecule has 0 unspecified atom stereocenters. The van der Waals surface area contributed by atoms with Crippen molar-refractivity contribution in [2.45, 2.75) is 13.5 Å². The molecular weight excluding hydrogens is 310 g/mol.